The van der Waals surface area contributed by atoms with E-state index in [1.165, 1.54) is 32.1 Å². The van der Waals surface area contributed by atoms with Crippen LogP contribution in [-0.4, -0.2) is 11.8 Å². The smallest absolute Gasteiger partial charge is 0.0291 e. The Labute approximate surface area is 118 Å². The second kappa shape index (κ2) is 9.50. The molecule has 0 rings (SSSR count). The fraction of sp³-hybridized carbons (Fsp3) is 1.00. The van der Waals surface area contributed by atoms with Crippen molar-refractivity contribution in [3.8, 4) is 0 Å². The highest BCUT2D eigenvalue weighted by molar-refractivity contribution is 6.21. The molecule has 0 aliphatic rings. The van der Waals surface area contributed by atoms with Crippen LogP contribution >= 0.6 is 23.2 Å². The normalized spacial score (nSPS) is 14.3. The first-order chi connectivity index (χ1) is 8.03. The van der Waals surface area contributed by atoms with Gasteiger partial charge in [0.15, 0.2) is 0 Å². The molecule has 0 aromatic rings. The van der Waals surface area contributed by atoms with E-state index in [0.717, 1.165) is 12.3 Å². The average Bonchev–Trinajstić information content (AvgIpc) is 2.32. The first kappa shape index (κ1) is 17.6. The minimum Gasteiger partial charge on any atom is -0.126 e. The molecule has 0 spiro atoms. The van der Waals surface area contributed by atoms with E-state index in [1.54, 1.807) is 0 Å². The highest BCUT2D eigenvalue weighted by atomic mass is 35.5. The SMILES string of the molecule is CCCCC(CC)CC(CCl)(CCl)CC(C)C. The number of hydrogen-bond acceptors (Lipinski definition) is 0. The van der Waals surface area contributed by atoms with Gasteiger partial charge in [0, 0.05) is 11.8 Å². The third-order valence-electron chi connectivity index (χ3n) is 3.67. The maximum absolute atomic E-state index is 6.22. The van der Waals surface area contributed by atoms with Gasteiger partial charge in [-0.05, 0) is 30.1 Å². The summed E-state index contributed by atoms with van der Waals surface area (Å²) in [5, 5.41) is 0. The Morgan fingerprint density at radius 1 is 1.00 bits per heavy atom. The molecule has 0 amide bonds. The predicted molar refractivity (Wildman–Crippen MR) is 81.3 cm³/mol. The molecule has 1 unspecified atom stereocenters. The van der Waals surface area contributed by atoms with E-state index in [0.29, 0.717) is 17.7 Å². The molecule has 0 heterocycles. The minimum absolute atomic E-state index is 0.158. The molecular weight excluding hydrogens is 251 g/mol. The highest BCUT2D eigenvalue weighted by Gasteiger charge is 2.31. The molecule has 0 aromatic carbocycles. The molecule has 0 saturated carbocycles. The first-order valence-electron chi connectivity index (χ1n) is 7.15. The van der Waals surface area contributed by atoms with Crippen molar-refractivity contribution in [2.24, 2.45) is 17.3 Å². The lowest BCUT2D eigenvalue weighted by Gasteiger charge is -2.35. The van der Waals surface area contributed by atoms with Crippen LogP contribution in [0.5, 0.6) is 0 Å². The fourth-order valence-corrected chi connectivity index (χ4v) is 3.48. The van der Waals surface area contributed by atoms with Crippen LogP contribution in [0.3, 0.4) is 0 Å². The Morgan fingerprint density at radius 2 is 1.59 bits per heavy atom. The molecule has 0 nitrogen and oxygen atoms in total. The van der Waals surface area contributed by atoms with Crippen LogP contribution in [0, 0.1) is 17.3 Å². The molecule has 0 saturated heterocycles. The highest BCUT2D eigenvalue weighted by Crippen LogP contribution is 2.38. The van der Waals surface area contributed by atoms with Gasteiger partial charge in [0.1, 0.15) is 0 Å². The number of alkyl halides is 2. The molecule has 17 heavy (non-hydrogen) atoms. The zero-order valence-corrected chi connectivity index (χ0v) is 13.6. The lowest BCUT2D eigenvalue weighted by atomic mass is 9.74. The molecule has 0 N–H and O–H groups in total. The molecule has 0 fully saturated rings. The largest absolute Gasteiger partial charge is 0.126 e. The van der Waals surface area contributed by atoms with Gasteiger partial charge in [-0.3, -0.25) is 0 Å². The van der Waals surface area contributed by atoms with Gasteiger partial charge >= 0.3 is 0 Å². The lowest BCUT2D eigenvalue weighted by Crippen LogP contribution is -2.30. The number of unbranched alkanes of at least 4 members (excludes halogenated alkanes) is 1. The third kappa shape index (κ3) is 6.91. The maximum atomic E-state index is 6.22. The first-order valence-corrected chi connectivity index (χ1v) is 8.22. The number of rotatable bonds is 10. The number of halogens is 2. The molecule has 0 aliphatic carbocycles. The van der Waals surface area contributed by atoms with Crippen molar-refractivity contribution in [2.45, 2.75) is 66.2 Å². The Morgan fingerprint density at radius 3 is 1.94 bits per heavy atom. The summed E-state index contributed by atoms with van der Waals surface area (Å²) in [6.07, 6.45) is 7.57. The maximum Gasteiger partial charge on any atom is 0.0291 e. The minimum atomic E-state index is 0.158. The van der Waals surface area contributed by atoms with Gasteiger partial charge in [0.2, 0.25) is 0 Å². The second-order valence-corrected chi connectivity index (χ2v) is 6.52. The van der Waals surface area contributed by atoms with Gasteiger partial charge in [-0.2, -0.15) is 0 Å². The molecule has 1 atom stereocenters. The Hall–Kier alpha value is 0.580. The van der Waals surface area contributed by atoms with Crippen molar-refractivity contribution in [1.82, 2.24) is 0 Å². The molecule has 104 valence electrons. The predicted octanol–water partition coefficient (Wildman–Crippen LogP) is 6.10. The van der Waals surface area contributed by atoms with E-state index in [2.05, 4.69) is 27.7 Å². The van der Waals surface area contributed by atoms with Gasteiger partial charge in [-0.25, -0.2) is 0 Å². The van der Waals surface area contributed by atoms with Crippen molar-refractivity contribution in [3.05, 3.63) is 0 Å². The van der Waals surface area contributed by atoms with E-state index in [1.807, 2.05) is 0 Å². The summed E-state index contributed by atoms with van der Waals surface area (Å²) < 4.78 is 0. The van der Waals surface area contributed by atoms with Crippen molar-refractivity contribution in [2.75, 3.05) is 11.8 Å². The molecule has 2 heteroatoms. The quantitative estimate of drug-likeness (QED) is 0.424. The van der Waals surface area contributed by atoms with E-state index < -0.39 is 0 Å². The van der Waals surface area contributed by atoms with Crippen LogP contribution in [0.2, 0.25) is 0 Å². The van der Waals surface area contributed by atoms with Gasteiger partial charge < -0.3 is 0 Å². The second-order valence-electron chi connectivity index (χ2n) is 5.99. The fourth-order valence-electron chi connectivity index (χ4n) is 2.76. The summed E-state index contributed by atoms with van der Waals surface area (Å²) in [7, 11) is 0. The third-order valence-corrected chi connectivity index (χ3v) is 4.81. The molecular formula is C15H30Cl2. The van der Waals surface area contributed by atoms with Crippen molar-refractivity contribution < 1.29 is 0 Å². The molecule has 0 bridgehead atoms. The van der Waals surface area contributed by atoms with E-state index in [9.17, 15) is 0 Å². The van der Waals surface area contributed by atoms with Gasteiger partial charge in [-0.15, -0.1) is 23.2 Å². The van der Waals surface area contributed by atoms with Crippen LogP contribution in [-0.2, 0) is 0 Å². The monoisotopic (exact) mass is 280 g/mol. The topological polar surface area (TPSA) is 0 Å². The summed E-state index contributed by atoms with van der Waals surface area (Å²) in [4.78, 5) is 0. The van der Waals surface area contributed by atoms with E-state index >= 15 is 0 Å². The van der Waals surface area contributed by atoms with Crippen LogP contribution in [0.25, 0.3) is 0 Å². The van der Waals surface area contributed by atoms with Crippen LogP contribution in [0.4, 0.5) is 0 Å². The Balaban J connectivity index is 4.47. The molecule has 0 aliphatic heterocycles. The average molecular weight is 281 g/mol. The molecule has 0 aromatic heterocycles. The van der Waals surface area contributed by atoms with E-state index in [4.69, 9.17) is 23.2 Å². The van der Waals surface area contributed by atoms with Gasteiger partial charge in [0.25, 0.3) is 0 Å². The van der Waals surface area contributed by atoms with E-state index in [-0.39, 0.29) is 5.41 Å². The van der Waals surface area contributed by atoms with Crippen LogP contribution in [0.15, 0.2) is 0 Å². The summed E-state index contributed by atoms with van der Waals surface area (Å²) in [6, 6.07) is 0. The van der Waals surface area contributed by atoms with Gasteiger partial charge in [-0.1, -0.05) is 53.4 Å². The standard InChI is InChI=1S/C15H30Cl2/c1-5-7-8-14(6-2)10-15(11-16,12-17)9-13(3)4/h13-14H,5-12H2,1-4H3. The van der Waals surface area contributed by atoms with Gasteiger partial charge in [0.05, 0.1) is 0 Å². The molecule has 0 radical (unpaired) electrons. The zero-order chi connectivity index (χ0) is 13.3. The summed E-state index contributed by atoms with van der Waals surface area (Å²) in [5.41, 5.74) is 0.158. The summed E-state index contributed by atoms with van der Waals surface area (Å²) in [5.74, 6) is 2.89. The Kier molecular flexibility index (Phi) is 9.83. The van der Waals surface area contributed by atoms with Crippen LogP contribution < -0.4 is 0 Å². The van der Waals surface area contributed by atoms with Crippen LogP contribution in [0.1, 0.15) is 66.2 Å². The van der Waals surface area contributed by atoms with Crippen molar-refractivity contribution >= 4 is 23.2 Å². The Bertz CT molecular complexity index is 174. The number of hydrogen-bond donors (Lipinski definition) is 0. The zero-order valence-electron chi connectivity index (χ0n) is 12.1. The summed E-state index contributed by atoms with van der Waals surface area (Å²) >= 11 is 12.4. The van der Waals surface area contributed by atoms with Crippen molar-refractivity contribution in [1.29, 1.82) is 0 Å². The van der Waals surface area contributed by atoms with Crippen molar-refractivity contribution in [3.63, 3.8) is 0 Å². The summed E-state index contributed by atoms with van der Waals surface area (Å²) in [6.45, 7) is 9.09. The lowest BCUT2D eigenvalue weighted by molar-refractivity contribution is 0.215.